The molecule has 0 aromatic rings. The molecule has 1 atom stereocenters. The molecule has 0 spiro atoms. The van der Waals surface area contributed by atoms with E-state index >= 15 is 0 Å². The normalized spacial score (nSPS) is 18.9. The van der Waals surface area contributed by atoms with E-state index in [9.17, 15) is 9.59 Å². The molecule has 1 aliphatic rings. The summed E-state index contributed by atoms with van der Waals surface area (Å²) in [5.41, 5.74) is 5.38. The van der Waals surface area contributed by atoms with Crippen molar-refractivity contribution in [1.82, 2.24) is 10.2 Å². The van der Waals surface area contributed by atoms with Gasteiger partial charge in [0, 0.05) is 32.6 Å². The molecule has 5 heteroatoms. The third-order valence-electron chi connectivity index (χ3n) is 3.83. The van der Waals surface area contributed by atoms with Gasteiger partial charge in [0.15, 0.2) is 0 Å². The van der Waals surface area contributed by atoms with Gasteiger partial charge in [0.25, 0.3) is 0 Å². The second-order valence-corrected chi connectivity index (χ2v) is 5.57. The summed E-state index contributed by atoms with van der Waals surface area (Å²) in [6.07, 6.45) is 6.87. The van der Waals surface area contributed by atoms with Gasteiger partial charge in [-0.1, -0.05) is 26.2 Å². The van der Waals surface area contributed by atoms with Crippen molar-refractivity contribution in [2.75, 3.05) is 26.2 Å². The molecular formula is C15H29N3O2. The van der Waals surface area contributed by atoms with Crippen LogP contribution in [0.3, 0.4) is 0 Å². The molecule has 0 aromatic heterocycles. The Morgan fingerprint density at radius 3 is 2.80 bits per heavy atom. The number of carbonyl (C=O) groups is 2. The van der Waals surface area contributed by atoms with E-state index in [0.717, 1.165) is 32.2 Å². The first-order valence-electron chi connectivity index (χ1n) is 7.94. The second kappa shape index (κ2) is 9.75. The van der Waals surface area contributed by atoms with Crippen LogP contribution in [0, 0.1) is 5.92 Å². The standard InChI is InChI=1S/C15H29N3O2/c1-2-3-4-5-8-14(19)18-11-6-7-13(12-18)15(20)17-10-9-16/h13H,2-12,16H2,1H3,(H,17,20). The fourth-order valence-corrected chi connectivity index (χ4v) is 2.62. The van der Waals surface area contributed by atoms with E-state index in [-0.39, 0.29) is 17.7 Å². The highest BCUT2D eigenvalue weighted by Gasteiger charge is 2.27. The summed E-state index contributed by atoms with van der Waals surface area (Å²) in [4.78, 5) is 25.9. The SMILES string of the molecule is CCCCCCC(=O)N1CCCC(C(=O)NCCN)C1. The summed E-state index contributed by atoms with van der Waals surface area (Å²) in [6, 6.07) is 0. The lowest BCUT2D eigenvalue weighted by Gasteiger charge is -2.32. The molecule has 1 heterocycles. The average Bonchev–Trinajstić information content (AvgIpc) is 2.49. The van der Waals surface area contributed by atoms with Crippen LogP contribution >= 0.6 is 0 Å². The van der Waals surface area contributed by atoms with E-state index in [1.165, 1.54) is 12.8 Å². The molecule has 116 valence electrons. The van der Waals surface area contributed by atoms with Crippen molar-refractivity contribution >= 4 is 11.8 Å². The first-order valence-corrected chi connectivity index (χ1v) is 7.94. The molecule has 1 aliphatic heterocycles. The van der Waals surface area contributed by atoms with Gasteiger partial charge in [-0.3, -0.25) is 9.59 Å². The molecule has 20 heavy (non-hydrogen) atoms. The number of piperidine rings is 1. The molecule has 2 amide bonds. The third-order valence-corrected chi connectivity index (χ3v) is 3.83. The van der Waals surface area contributed by atoms with Crippen molar-refractivity contribution in [3.63, 3.8) is 0 Å². The van der Waals surface area contributed by atoms with Gasteiger partial charge in [-0.25, -0.2) is 0 Å². The van der Waals surface area contributed by atoms with Crippen LogP contribution in [0.15, 0.2) is 0 Å². The van der Waals surface area contributed by atoms with Crippen molar-refractivity contribution in [2.45, 2.75) is 51.9 Å². The van der Waals surface area contributed by atoms with Crippen molar-refractivity contribution in [2.24, 2.45) is 11.7 Å². The van der Waals surface area contributed by atoms with Crippen LogP contribution < -0.4 is 11.1 Å². The maximum Gasteiger partial charge on any atom is 0.224 e. The second-order valence-electron chi connectivity index (χ2n) is 5.57. The Hall–Kier alpha value is -1.10. The topological polar surface area (TPSA) is 75.4 Å². The van der Waals surface area contributed by atoms with Gasteiger partial charge in [0.05, 0.1) is 5.92 Å². The molecule has 0 bridgehead atoms. The van der Waals surface area contributed by atoms with Gasteiger partial charge in [0.2, 0.25) is 11.8 Å². The number of rotatable bonds is 8. The highest BCUT2D eigenvalue weighted by atomic mass is 16.2. The number of hydrogen-bond acceptors (Lipinski definition) is 3. The lowest BCUT2D eigenvalue weighted by molar-refractivity contribution is -0.135. The van der Waals surface area contributed by atoms with Gasteiger partial charge >= 0.3 is 0 Å². The van der Waals surface area contributed by atoms with E-state index in [1.54, 1.807) is 0 Å². The van der Waals surface area contributed by atoms with E-state index in [4.69, 9.17) is 5.73 Å². The highest BCUT2D eigenvalue weighted by Crippen LogP contribution is 2.18. The number of hydrogen-bond donors (Lipinski definition) is 2. The Balaban J connectivity index is 2.32. The zero-order valence-electron chi connectivity index (χ0n) is 12.7. The fourth-order valence-electron chi connectivity index (χ4n) is 2.62. The first kappa shape index (κ1) is 17.0. The van der Waals surface area contributed by atoms with Gasteiger partial charge in [-0.05, 0) is 19.3 Å². The minimum Gasteiger partial charge on any atom is -0.355 e. The minimum atomic E-state index is -0.0603. The Morgan fingerprint density at radius 1 is 1.30 bits per heavy atom. The minimum absolute atomic E-state index is 0.0407. The number of nitrogens with one attached hydrogen (secondary N) is 1. The van der Waals surface area contributed by atoms with Crippen LogP contribution in [0.2, 0.25) is 0 Å². The quantitative estimate of drug-likeness (QED) is 0.659. The largest absolute Gasteiger partial charge is 0.355 e. The zero-order valence-corrected chi connectivity index (χ0v) is 12.7. The van der Waals surface area contributed by atoms with Crippen LogP contribution in [0.1, 0.15) is 51.9 Å². The van der Waals surface area contributed by atoms with Crippen LogP contribution in [0.25, 0.3) is 0 Å². The molecule has 5 nitrogen and oxygen atoms in total. The molecule has 0 saturated carbocycles. The summed E-state index contributed by atoms with van der Waals surface area (Å²) in [6.45, 7) is 4.51. The molecule has 1 fully saturated rings. The maximum absolute atomic E-state index is 12.1. The average molecular weight is 283 g/mol. The molecule has 1 rings (SSSR count). The van der Waals surface area contributed by atoms with E-state index in [1.807, 2.05) is 4.90 Å². The van der Waals surface area contributed by atoms with Gasteiger partial charge in [-0.15, -0.1) is 0 Å². The van der Waals surface area contributed by atoms with Crippen LogP contribution in [0.4, 0.5) is 0 Å². The third kappa shape index (κ3) is 5.90. The molecule has 3 N–H and O–H groups in total. The van der Waals surface area contributed by atoms with Crippen molar-refractivity contribution in [1.29, 1.82) is 0 Å². The number of nitrogens with two attached hydrogens (primary N) is 1. The predicted molar refractivity (Wildman–Crippen MR) is 80.1 cm³/mol. The van der Waals surface area contributed by atoms with Crippen LogP contribution in [-0.2, 0) is 9.59 Å². The lowest BCUT2D eigenvalue weighted by Crippen LogP contribution is -2.46. The highest BCUT2D eigenvalue weighted by molar-refractivity contribution is 5.81. The summed E-state index contributed by atoms with van der Waals surface area (Å²) in [5, 5.41) is 2.82. The van der Waals surface area contributed by atoms with E-state index in [2.05, 4.69) is 12.2 Å². The molecule has 0 aromatic carbocycles. The first-order chi connectivity index (χ1) is 9.69. The Bertz CT molecular complexity index is 307. The van der Waals surface area contributed by atoms with Gasteiger partial charge < -0.3 is 16.0 Å². The van der Waals surface area contributed by atoms with Gasteiger partial charge in [0.1, 0.15) is 0 Å². The number of amides is 2. The summed E-state index contributed by atoms with van der Waals surface area (Å²) >= 11 is 0. The smallest absolute Gasteiger partial charge is 0.224 e. The number of carbonyl (C=O) groups excluding carboxylic acids is 2. The van der Waals surface area contributed by atoms with E-state index < -0.39 is 0 Å². The summed E-state index contributed by atoms with van der Waals surface area (Å²) < 4.78 is 0. The van der Waals surface area contributed by atoms with Crippen molar-refractivity contribution in [3.05, 3.63) is 0 Å². The number of unbranched alkanes of at least 4 members (excludes halogenated alkanes) is 3. The number of likely N-dealkylation sites (tertiary alicyclic amines) is 1. The maximum atomic E-state index is 12.1. The number of nitrogens with zero attached hydrogens (tertiary/aromatic N) is 1. The van der Waals surface area contributed by atoms with Gasteiger partial charge in [-0.2, -0.15) is 0 Å². The summed E-state index contributed by atoms with van der Waals surface area (Å²) in [7, 11) is 0. The molecule has 1 saturated heterocycles. The lowest BCUT2D eigenvalue weighted by atomic mass is 9.96. The molecular weight excluding hydrogens is 254 g/mol. The zero-order chi connectivity index (χ0) is 14.8. The Labute approximate surface area is 122 Å². The monoisotopic (exact) mass is 283 g/mol. The molecule has 1 unspecified atom stereocenters. The Kier molecular flexibility index (Phi) is 8.26. The van der Waals surface area contributed by atoms with E-state index in [0.29, 0.717) is 26.1 Å². The summed E-state index contributed by atoms with van der Waals surface area (Å²) in [5.74, 6) is 0.186. The van der Waals surface area contributed by atoms with Crippen molar-refractivity contribution in [3.8, 4) is 0 Å². The predicted octanol–water partition coefficient (Wildman–Crippen LogP) is 1.27. The Morgan fingerprint density at radius 2 is 2.10 bits per heavy atom. The fraction of sp³-hybridized carbons (Fsp3) is 0.867. The molecule has 0 radical (unpaired) electrons. The molecule has 0 aliphatic carbocycles. The van der Waals surface area contributed by atoms with Crippen molar-refractivity contribution < 1.29 is 9.59 Å². The van der Waals surface area contributed by atoms with Crippen LogP contribution in [0.5, 0.6) is 0 Å². The van der Waals surface area contributed by atoms with Crippen LogP contribution in [-0.4, -0.2) is 42.9 Å².